The number of rotatable bonds is 3. The van der Waals surface area contributed by atoms with Gasteiger partial charge in [0.2, 0.25) is 5.91 Å². The molecule has 1 aromatic carbocycles. The van der Waals surface area contributed by atoms with Gasteiger partial charge in [-0.1, -0.05) is 12.1 Å². The fourth-order valence-electron chi connectivity index (χ4n) is 3.23. The maximum atomic E-state index is 12.5. The Balaban J connectivity index is 1.44. The Kier molecular flexibility index (Phi) is 4.01. The average molecular weight is 338 g/mol. The van der Waals surface area contributed by atoms with Gasteiger partial charge in [-0.3, -0.25) is 14.2 Å². The molecule has 1 saturated heterocycles. The number of aromatic nitrogens is 5. The van der Waals surface area contributed by atoms with Crippen molar-refractivity contribution in [2.24, 2.45) is 0 Å². The summed E-state index contributed by atoms with van der Waals surface area (Å²) >= 11 is 0. The van der Waals surface area contributed by atoms with Crippen LogP contribution in [0.5, 0.6) is 0 Å². The number of benzene rings is 1. The number of hydrogen-bond acceptors (Lipinski definition) is 5. The first-order chi connectivity index (χ1) is 12.2. The number of amides is 1. The SMILES string of the molecule is O=C(Cn1cnc2ccccc2c1=O)N1CCC(n2nccn2)CC1. The summed E-state index contributed by atoms with van der Waals surface area (Å²) in [5.41, 5.74) is 0.457. The monoisotopic (exact) mass is 338 g/mol. The van der Waals surface area contributed by atoms with Crippen LogP contribution in [-0.4, -0.2) is 48.4 Å². The first-order valence-electron chi connectivity index (χ1n) is 8.30. The van der Waals surface area contributed by atoms with Gasteiger partial charge in [-0.25, -0.2) is 4.98 Å². The van der Waals surface area contributed by atoms with Gasteiger partial charge in [0.05, 0.1) is 35.7 Å². The van der Waals surface area contributed by atoms with Crippen LogP contribution >= 0.6 is 0 Å². The van der Waals surface area contributed by atoms with Crippen LogP contribution < -0.4 is 5.56 Å². The lowest BCUT2D eigenvalue weighted by atomic mass is 10.1. The summed E-state index contributed by atoms with van der Waals surface area (Å²) < 4.78 is 1.38. The summed E-state index contributed by atoms with van der Waals surface area (Å²) in [6, 6.07) is 7.38. The van der Waals surface area contributed by atoms with Crippen LogP contribution in [0.3, 0.4) is 0 Å². The van der Waals surface area contributed by atoms with E-state index in [1.165, 1.54) is 10.9 Å². The van der Waals surface area contributed by atoms with Crippen LogP contribution in [0.2, 0.25) is 0 Å². The number of fused-ring (bicyclic) bond motifs is 1. The van der Waals surface area contributed by atoms with Crippen molar-refractivity contribution < 1.29 is 4.79 Å². The minimum absolute atomic E-state index is 0.0152. The molecule has 0 N–H and O–H groups in total. The molecule has 0 aliphatic carbocycles. The molecule has 1 amide bonds. The van der Waals surface area contributed by atoms with Crippen molar-refractivity contribution in [3.8, 4) is 0 Å². The molecule has 0 saturated carbocycles. The highest BCUT2D eigenvalue weighted by atomic mass is 16.2. The normalized spacial score (nSPS) is 15.6. The van der Waals surface area contributed by atoms with Gasteiger partial charge in [-0.2, -0.15) is 15.0 Å². The van der Waals surface area contributed by atoms with Crippen LogP contribution in [0.1, 0.15) is 18.9 Å². The quantitative estimate of drug-likeness (QED) is 0.707. The van der Waals surface area contributed by atoms with Gasteiger partial charge >= 0.3 is 0 Å². The molecule has 25 heavy (non-hydrogen) atoms. The van der Waals surface area contributed by atoms with E-state index in [1.54, 1.807) is 40.3 Å². The van der Waals surface area contributed by atoms with E-state index in [0.29, 0.717) is 24.0 Å². The summed E-state index contributed by atoms with van der Waals surface area (Å²) in [6.07, 6.45) is 6.40. The number of likely N-dealkylation sites (tertiary alicyclic amines) is 1. The molecule has 128 valence electrons. The van der Waals surface area contributed by atoms with Crippen molar-refractivity contribution in [2.75, 3.05) is 13.1 Å². The van der Waals surface area contributed by atoms with E-state index in [9.17, 15) is 9.59 Å². The van der Waals surface area contributed by atoms with Crippen molar-refractivity contribution in [3.05, 3.63) is 53.3 Å². The Morgan fingerprint density at radius 1 is 1.12 bits per heavy atom. The molecule has 0 radical (unpaired) electrons. The molecule has 0 spiro atoms. The second-order valence-electron chi connectivity index (χ2n) is 6.16. The second kappa shape index (κ2) is 6.46. The topological polar surface area (TPSA) is 85.9 Å². The van der Waals surface area contributed by atoms with Crippen LogP contribution in [0, 0.1) is 0 Å². The fraction of sp³-hybridized carbons (Fsp3) is 0.353. The lowest BCUT2D eigenvalue weighted by molar-refractivity contribution is -0.133. The predicted octanol–water partition coefficient (Wildman–Crippen LogP) is 0.852. The number of nitrogens with zero attached hydrogens (tertiary/aromatic N) is 6. The maximum Gasteiger partial charge on any atom is 0.261 e. The van der Waals surface area contributed by atoms with Crippen LogP contribution in [0.4, 0.5) is 0 Å². The van der Waals surface area contributed by atoms with Crippen molar-refractivity contribution in [3.63, 3.8) is 0 Å². The van der Waals surface area contributed by atoms with Crippen LogP contribution in [0.25, 0.3) is 10.9 Å². The van der Waals surface area contributed by atoms with E-state index in [0.717, 1.165) is 12.8 Å². The van der Waals surface area contributed by atoms with Gasteiger partial charge in [0, 0.05) is 13.1 Å². The Hall–Kier alpha value is -3.03. The van der Waals surface area contributed by atoms with E-state index >= 15 is 0 Å². The van der Waals surface area contributed by atoms with E-state index in [4.69, 9.17) is 0 Å². The zero-order valence-electron chi connectivity index (χ0n) is 13.7. The average Bonchev–Trinajstić information content (AvgIpc) is 3.19. The van der Waals surface area contributed by atoms with E-state index in [2.05, 4.69) is 15.2 Å². The fourth-order valence-corrected chi connectivity index (χ4v) is 3.23. The molecule has 1 aliphatic heterocycles. The van der Waals surface area contributed by atoms with E-state index in [1.807, 2.05) is 6.07 Å². The Morgan fingerprint density at radius 2 is 1.84 bits per heavy atom. The molecule has 8 nitrogen and oxygen atoms in total. The lowest BCUT2D eigenvalue weighted by Gasteiger charge is -2.31. The standard InChI is InChI=1S/C17H18N6O2/c24-16(21-9-5-13(6-10-21)23-19-7-8-20-23)11-22-12-18-15-4-2-1-3-14(15)17(22)25/h1-4,7-8,12-13H,5-6,9-11H2. The number of hydrogen-bond donors (Lipinski definition) is 0. The first-order valence-corrected chi connectivity index (χ1v) is 8.30. The second-order valence-corrected chi connectivity index (χ2v) is 6.16. The Labute approximate surface area is 143 Å². The van der Waals surface area contributed by atoms with E-state index < -0.39 is 0 Å². The number of piperidine rings is 1. The van der Waals surface area contributed by atoms with Gasteiger partial charge in [0.15, 0.2) is 0 Å². The summed E-state index contributed by atoms with van der Waals surface area (Å²) in [5.74, 6) is -0.0638. The minimum Gasteiger partial charge on any atom is -0.341 e. The van der Waals surface area contributed by atoms with Gasteiger partial charge in [0.25, 0.3) is 5.56 Å². The molecular formula is C17H18N6O2. The summed E-state index contributed by atoms with van der Waals surface area (Å²) in [5, 5.41) is 8.86. The lowest BCUT2D eigenvalue weighted by Crippen LogP contribution is -2.42. The van der Waals surface area contributed by atoms with Crippen molar-refractivity contribution in [1.82, 2.24) is 29.4 Å². The molecule has 3 aromatic rings. The van der Waals surface area contributed by atoms with Gasteiger partial charge in [-0.15, -0.1) is 0 Å². The third-order valence-corrected chi connectivity index (χ3v) is 4.62. The smallest absolute Gasteiger partial charge is 0.261 e. The van der Waals surface area contributed by atoms with Gasteiger partial charge < -0.3 is 4.90 Å². The number of carbonyl (C=O) groups is 1. The number of para-hydroxylation sites is 1. The third kappa shape index (κ3) is 3.02. The molecule has 2 aromatic heterocycles. The molecule has 0 bridgehead atoms. The zero-order chi connectivity index (χ0) is 17.2. The zero-order valence-corrected chi connectivity index (χ0v) is 13.7. The predicted molar refractivity (Wildman–Crippen MR) is 90.9 cm³/mol. The highest BCUT2D eigenvalue weighted by Crippen LogP contribution is 2.20. The molecule has 1 aliphatic rings. The molecule has 1 fully saturated rings. The highest BCUT2D eigenvalue weighted by Gasteiger charge is 2.25. The molecule has 4 rings (SSSR count). The molecule has 3 heterocycles. The Morgan fingerprint density at radius 3 is 2.60 bits per heavy atom. The van der Waals surface area contributed by atoms with Crippen molar-refractivity contribution >= 4 is 16.8 Å². The van der Waals surface area contributed by atoms with E-state index in [-0.39, 0.29) is 24.1 Å². The van der Waals surface area contributed by atoms with Gasteiger partial charge in [-0.05, 0) is 25.0 Å². The summed E-state index contributed by atoms with van der Waals surface area (Å²) in [6.45, 7) is 1.29. The van der Waals surface area contributed by atoms with Crippen LogP contribution in [0.15, 0.2) is 47.8 Å². The van der Waals surface area contributed by atoms with Crippen molar-refractivity contribution in [1.29, 1.82) is 0 Å². The molecule has 8 heteroatoms. The first kappa shape index (κ1) is 15.5. The highest BCUT2D eigenvalue weighted by molar-refractivity contribution is 5.79. The van der Waals surface area contributed by atoms with Crippen molar-refractivity contribution in [2.45, 2.75) is 25.4 Å². The summed E-state index contributed by atoms with van der Waals surface area (Å²) in [4.78, 5) is 32.8. The Bertz CT molecular complexity index is 941. The number of carbonyl (C=O) groups excluding carboxylic acids is 1. The van der Waals surface area contributed by atoms with Gasteiger partial charge in [0.1, 0.15) is 6.54 Å². The minimum atomic E-state index is -0.186. The third-order valence-electron chi connectivity index (χ3n) is 4.62. The maximum absolute atomic E-state index is 12.5. The molecule has 0 unspecified atom stereocenters. The molecular weight excluding hydrogens is 320 g/mol. The molecule has 0 atom stereocenters. The largest absolute Gasteiger partial charge is 0.341 e. The summed E-state index contributed by atoms with van der Waals surface area (Å²) in [7, 11) is 0. The van der Waals surface area contributed by atoms with Crippen LogP contribution in [-0.2, 0) is 11.3 Å².